The molecule has 1 saturated carbocycles. The van der Waals surface area contributed by atoms with Crippen LogP contribution in [-0.2, 0) is 13.0 Å². The quantitative estimate of drug-likeness (QED) is 0.458. The molecular weight excluding hydrogens is 485 g/mol. The number of amides is 2. The maximum Gasteiger partial charge on any atom is 0.322 e. The number of nitrogens with one attached hydrogen (secondary N) is 2. The number of para-hydroxylation sites is 1. The molecule has 35 heavy (non-hydrogen) atoms. The third kappa shape index (κ3) is 5.16. The summed E-state index contributed by atoms with van der Waals surface area (Å²) in [4.78, 5) is 33.3. The zero-order valence-electron chi connectivity index (χ0n) is 19.3. The van der Waals surface area contributed by atoms with Gasteiger partial charge in [0.15, 0.2) is 0 Å². The lowest BCUT2D eigenvalue weighted by Crippen LogP contribution is -2.43. The monoisotopic (exact) mass is 511 g/mol. The summed E-state index contributed by atoms with van der Waals surface area (Å²) < 4.78 is 1.64. The molecule has 5 rings (SSSR count). The molecule has 2 amide bonds. The number of fused-ring (bicyclic) bond motifs is 1. The second-order valence-electron chi connectivity index (χ2n) is 9.04. The topological polar surface area (TPSA) is 79.3 Å². The van der Waals surface area contributed by atoms with E-state index in [1.54, 1.807) is 27.7 Å². The molecule has 2 N–H and O–H groups in total. The normalized spacial score (nSPS) is 16.0. The van der Waals surface area contributed by atoms with Crippen LogP contribution in [0.1, 0.15) is 43.4 Å². The number of hydrogen-bond acceptors (Lipinski definition) is 4. The Morgan fingerprint density at radius 1 is 1.03 bits per heavy atom. The van der Waals surface area contributed by atoms with E-state index in [-0.39, 0.29) is 18.1 Å². The Labute approximate surface area is 214 Å². The van der Waals surface area contributed by atoms with Gasteiger partial charge in [0, 0.05) is 24.0 Å². The van der Waals surface area contributed by atoms with E-state index in [1.807, 2.05) is 30.3 Å². The van der Waals surface area contributed by atoms with Crippen molar-refractivity contribution in [1.29, 1.82) is 0 Å². The lowest BCUT2D eigenvalue weighted by atomic mass is 9.96. The Balaban J connectivity index is 1.45. The van der Waals surface area contributed by atoms with Gasteiger partial charge in [-0.25, -0.2) is 14.3 Å². The van der Waals surface area contributed by atoms with Gasteiger partial charge < -0.3 is 15.5 Å². The van der Waals surface area contributed by atoms with Crippen LogP contribution in [0, 0.1) is 0 Å². The molecule has 2 aromatic carbocycles. The van der Waals surface area contributed by atoms with E-state index in [0.29, 0.717) is 46.3 Å². The smallest absolute Gasteiger partial charge is 0.322 e. The summed E-state index contributed by atoms with van der Waals surface area (Å²) in [6.45, 7) is 0.628. The van der Waals surface area contributed by atoms with Crippen molar-refractivity contribution in [3.05, 3.63) is 80.2 Å². The zero-order chi connectivity index (χ0) is 24.4. The summed E-state index contributed by atoms with van der Waals surface area (Å²) in [5.41, 5.74) is 2.35. The number of aromatic nitrogens is 2. The van der Waals surface area contributed by atoms with E-state index >= 15 is 0 Å². The Bertz CT molecular complexity index is 1290. The average Bonchev–Trinajstić information content (AvgIpc) is 2.87. The number of carbonyl (C=O) groups is 1. The van der Waals surface area contributed by atoms with E-state index in [9.17, 15) is 9.59 Å². The third-order valence-corrected chi connectivity index (χ3v) is 7.19. The summed E-state index contributed by atoms with van der Waals surface area (Å²) in [7, 11) is 0. The van der Waals surface area contributed by atoms with Gasteiger partial charge in [0.1, 0.15) is 0 Å². The van der Waals surface area contributed by atoms with Crippen LogP contribution in [0.2, 0.25) is 10.0 Å². The summed E-state index contributed by atoms with van der Waals surface area (Å²) in [6.07, 6.45) is 6.26. The first kappa shape index (κ1) is 23.7. The number of halogens is 2. The molecule has 7 nitrogen and oxygen atoms in total. The highest BCUT2D eigenvalue weighted by molar-refractivity contribution is 6.36. The number of carbonyl (C=O) groups excluding carboxylic acids is 1. The second-order valence-corrected chi connectivity index (χ2v) is 9.89. The van der Waals surface area contributed by atoms with Crippen molar-refractivity contribution in [3.63, 3.8) is 0 Å². The Morgan fingerprint density at radius 3 is 2.54 bits per heavy atom. The van der Waals surface area contributed by atoms with Crippen LogP contribution in [0.25, 0.3) is 5.69 Å². The molecule has 3 aromatic rings. The standard InChI is InChI=1S/C26H27Cl2N5O2/c27-17-11-12-23(21(28)15-17)31-26(35)32-14-13-22-20(16-32)24(34)33(19-9-5-2-6-10-19)25(30-22)29-18-7-3-1-4-8-18/h2,5-6,9-12,15,18H,1,3-4,7-8,13-14,16H2,(H,29,30)(H,31,35). The van der Waals surface area contributed by atoms with Gasteiger partial charge in [-0.1, -0.05) is 60.7 Å². The van der Waals surface area contributed by atoms with E-state index in [0.717, 1.165) is 24.2 Å². The largest absolute Gasteiger partial charge is 0.353 e. The van der Waals surface area contributed by atoms with Crippen molar-refractivity contribution in [2.24, 2.45) is 0 Å². The molecule has 0 saturated heterocycles. The summed E-state index contributed by atoms with van der Waals surface area (Å²) in [5, 5.41) is 7.22. The minimum Gasteiger partial charge on any atom is -0.353 e. The van der Waals surface area contributed by atoms with Crippen molar-refractivity contribution >= 4 is 40.9 Å². The van der Waals surface area contributed by atoms with Crippen molar-refractivity contribution in [2.45, 2.75) is 51.1 Å². The first-order valence-electron chi connectivity index (χ1n) is 12.0. The maximum absolute atomic E-state index is 13.8. The molecule has 0 radical (unpaired) electrons. The number of anilines is 2. The molecule has 1 aliphatic carbocycles. The highest BCUT2D eigenvalue weighted by Gasteiger charge is 2.28. The van der Waals surface area contributed by atoms with E-state index < -0.39 is 0 Å². The highest BCUT2D eigenvalue weighted by Crippen LogP contribution is 2.27. The van der Waals surface area contributed by atoms with E-state index in [4.69, 9.17) is 28.2 Å². The first-order chi connectivity index (χ1) is 17.0. The van der Waals surface area contributed by atoms with Gasteiger partial charge in [-0.2, -0.15) is 0 Å². The minimum absolute atomic E-state index is 0.151. The fourth-order valence-electron chi connectivity index (χ4n) is 4.78. The zero-order valence-corrected chi connectivity index (χ0v) is 20.8. The fraction of sp³-hybridized carbons (Fsp3) is 0.346. The SMILES string of the molecule is O=C(Nc1ccc(Cl)cc1Cl)N1CCc2nc(NC3CCCCC3)n(-c3ccccc3)c(=O)c2C1. The average molecular weight is 512 g/mol. The molecule has 2 heterocycles. The fourth-order valence-corrected chi connectivity index (χ4v) is 5.23. The van der Waals surface area contributed by atoms with Crippen LogP contribution < -0.4 is 16.2 Å². The number of urea groups is 1. The number of benzene rings is 2. The molecule has 0 spiro atoms. The Hall–Kier alpha value is -3.03. The maximum atomic E-state index is 13.8. The number of hydrogen-bond donors (Lipinski definition) is 2. The van der Waals surface area contributed by atoms with Gasteiger partial charge in [0.2, 0.25) is 5.95 Å². The number of nitrogens with zero attached hydrogens (tertiary/aromatic N) is 3. The summed E-state index contributed by atoms with van der Waals surface area (Å²) in [5.74, 6) is 0.581. The van der Waals surface area contributed by atoms with Crippen molar-refractivity contribution in [2.75, 3.05) is 17.2 Å². The minimum atomic E-state index is -0.324. The Morgan fingerprint density at radius 2 is 1.80 bits per heavy atom. The highest BCUT2D eigenvalue weighted by atomic mass is 35.5. The van der Waals surface area contributed by atoms with Gasteiger partial charge >= 0.3 is 6.03 Å². The van der Waals surface area contributed by atoms with Gasteiger partial charge in [-0.15, -0.1) is 0 Å². The summed E-state index contributed by atoms with van der Waals surface area (Å²) in [6, 6.07) is 14.4. The van der Waals surface area contributed by atoms with Gasteiger partial charge in [-0.05, 0) is 43.2 Å². The number of rotatable bonds is 4. The molecule has 0 unspecified atom stereocenters. The molecule has 1 aromatic heterocycles. The Kier molecular flexibility index (Phi) is 6.97. The predicted molar refractivity (Wildman–Crippen MR) is 140 cm³/mol. The first-order valence-corrected chi connectivity index (χ1v) is 12.7. The molecule has 2 aliphatic rings. The molecule has 9 heteroatoms. The lowest BCUT2D eigenvalue weighted by Gasteiger charge is -2.30. The van der Waals surface area contributed by atoms with Crippen LogP contribution in [0.15, 0.2) is 53.3 Å². The van der Waals surface area contributed by atoms with Crippen LogP contribution in [0.5, 0.6) is 0 Å². The molecule has 1 aliphatic heterocycles. The second kappa shape index (κ2) is 10.3. The molecular formula is C26H27Cl2N5O2. The van der Waals surface area contributed by atoms with Gasteiger partial charge in [0.05, 0.1) is 34.2 Å². The third-order valence-electron chi connectivity index (χ3n) is 6.64. The van der Waals surface area contributed by atoms with Gasteiger partial charge in [0.25, 0.3) is 5.56 Å². The van der Waals surface area contributed by atoms with Crippen LogP contribution in [0.3, 0.4) is 0 Å². The lowest BCUT2D eigenvalue weighted by molar-refractivity contribution is 0.205. The predicted octanol–water partition coefficient (Wildman–Crippen LogP) is 5.87. The van der Waals surface area contributed by atoms with Crippen LogP contribution in [-0.4, -0.2) is 33.1 Å². The van der Waals surface area contributed by atoms with Crippen molar-refractivity contribution in [1.82, 2.24) is 14.5 Å². The molecule has 0 atom stereocenters. The van der Waals surface area contributed by atoms with Crippen molar-refractivity contribution in [3.8, 4) is 5.69 Å². The molecule has 182 valence electrons. The molecule has 1 fully saturated rings. The van der Waals surface area contributed by atoms with E-state index in [2.05, 4.69) is 10.6 Å². The van der Waals surface area contributed by atoms with Gasteiger partial charge in [-0.3, -0.25) is 4.79 Å². The van der Waals surface area contributed by atoms with Crippen LogP contribution in [0.4, 0.5) is 16.4 Å². The van der Waals surface area contributed by atoms with E-state index in [1.165, 1.54) is 19.3 Å². The molecule has 0 bridgehead atoms. The van der Waals surface area contributed by atoms with Crippen LogP contribution >= 0.6 is 23.2 Å². The summed E-state index contributed by atoms with van der Waals surface area (Å²) >= 11 is 12.2. The van der Waals surface area contributed by atoms with Crippen molar-refractivity contribution < 1.29 is 4.79 Å².